The van der Waals surface area contributed by atoms with Crippen LogP contribution in [0.2, 0.25) is 0 Å². The van der Waals surface area contributed by atoms with Crippen molar-refractivity contribution in [1.82, 2.24) is 4.90 Å². The Labute approximate surface area is 153 Å². The number of carbonyl (C=O) groups excluding carboxylic acids is 1. The number of rotatable bonds is 8. The third kappa shape index (κ3) is 9.24. The van der Waals surface area contributed by atoms with Crippen LogP contribution in [0.15, 0.2) is 29.2 Å². The molecule has 0 atom stereocenters. The largest absolute Gasteiger partial charge is 0.465 e. The fraction of sp³-hybridized carbons (Fsp3) is 0.556. The standard InChI is InChI=1S/C18H28N2O4S/c1-18(2,3)24-17(23)20(16(21)22)12-6-4-5-7-13-25-15-10-8-14(19)9-11-15/h8-11H,4-7,12-13,19H2,1-3H3,(H,21,22). The van der Waals surface area contributed by atoms with Gasteiger partial charge in [0.15, 0.2) is 0 Å². The molecule has 1 aromatic carbocycles. The van der Waals surface area contributed by atoms with E-state index in [1.54, 1.807) is 32.5 Å². The van der Waals surface area contributed by atoms with Gasteiger partial charge in [0, 0.05) is 17.1 Å². The molecule has 2 amide bonds. The summed E-state index contributed by atoms with van der Waals surface area (Å²) in [5.74, 6) is 0.999. The number of ether oxygens (including phenoxy) is 1. The molecule has 0 saturated carbocycles. The molecular weight excluding hydrogens is 340 g/mol. The van der Waals surface area contributed by atoms with Crippen molar-refractivity contribution >= 4 is 29.6 Å². The molecule has 0 spiro atoms. The maximum Gasteiger partial charge on any atom is 0.419 e. The zero-order valence-corrected chi connectivity index (χ0v) is 16.0. The second-order valence-corrected chi connectivity index (χ2v) is 7.91. The molecular formula is C18H28N2O4S. The molecule has 3 N–H and O–H groups in total. The molecule has 1 rings (SSSR count). The topological polar surface area (TPSA) is 92.9 Å². The number of imide groups is 1. The van der Waals surface area contributed by atoms with Gasteiger partial charge in [-0.1, -0.05) is 12.8 Å². The molecule has 0 aromatic heterocycles. The number of nitrogens with two attached hydrogens (primary N) is 1. The Morgan fingerprint density at radius 1 is 1.12 bits per heavy atom. The molecule has 0 aliphatic rings. The van der Waals surface area contributed by atoms with E-state index >= 15 is 0 Å². The van der Waals surface area contributed by atoms with Gasteiger partial charge in [-0.15, -0.1) is 11.8 Å². The fourth-order valence-electron chi connectivity index (χ4n) is 2.06. The van der Waals surface area contributed by atoms with Gasteiger partial charge in [-0.2, -0.15) is 0 Å². The zero-order valence-electron chi connectivity index (χ0n) is 15.2. The molecule has 1 aromatic rings. The summed E-state index contributed by atoms with van der Waals surface area (Å²) in [6.07, 6.45) is 1.46. The predicted octanol–water partition coefficient (Wildman–Crippen LogP) is 4.84. The Morgan fingerprint density at radius 2 is 1.72 bits per heavy atom. The minimum atomic E-state index is -1.27. The maximum atomic E-state index is 11.9. The van der Waals surface area contributed by atoms with E-state index in [9.17, 15) is 9.59 Å². The summed E-state index contributed by atoms with van der Waals surface area (Å²) in [5.41, 5.74) is 5.71. The van der Waals surface area contributed by atoms with Crippen LogP contribution in [0.3, 0.4) is 0 Å². The average Bonchev–Trinajstić information content (AvgIpc) is 2.49. The Morgan fingerprint density at radius 3 is 2.28 bits per heavy atom. The van der Waals surface area contributed by atoms with E-state index in [-0.39, 0.29) is 6.54 Å². The second-order valence-electron chi connectivity index (χ2n) is 6.75. The molecule has 0 unspecified atom stereocenters. The molecule has 0 aliphatic heterocycles. The number of nitrogens with zero attached hydrogens (tertiary/aromatic N) is 1. The fourth-order valence-corrected chi connectivity index (χ4v) is 2.97. The van der Waals surface area contributed by atoms with Gasteiger partial charge in [-0.05, 0) is 63.6 Å². The summed E-state index contributed by atoms with van der Waals surface area (Å²) in [6, 6.07) is 7.79. The molecule has 0 radical (unpaired) electrons. The molecule has 25 heavy (non-hydrogen) atoms. The predicted molar refractivity (Wildman–Crippen MR) is 101 cm³/mol. The Bertz CT molecular complexity index is 555. The number of benzene rings is 1. The maximum absolute atomic E-state index is 11.9. The van der Waals surface area contributed by atoms with Crippen molar-refractivity contribution in [3.05, 3.63) is 24.3 Å². The van der Waals surface area contributed by atoms with Crippen LogP contribution < -0.4 is 5.73 Å². The number of carboxylic acid groups (broad SMARTS) is 1. The van der Waals surface area contributed by atoms with E-state index in [0.29, 0.717) is 6.42 Å². The monoisotopic (exact) mass is 368 g/mol. The van der Waals surface area contributed by atoms with Gasteiger partial charge in [-0.3, -0.25) is 0 Å². The van der Waals surface area contributed by atoms with E-state index in [2.05, 4.69) is 0 Å². The van der Waals surface area contributed by atoms with Crippen LogP contribution in [-0.2, 0) is 4.74 Å². The van der Waals surface area contributed by atoms with E-state index in [1.807, 2.05) is 24.3 Å². The Balaban J connectivity index is 2.20. The van der Waals surface area contributed by atoms with Crippen LogP contribution in [0.4, 0.5) is 15.3 Å². The van der Waals surface area contributed by atoms with E-state index in [0.717, 1.165) is 35.6 Å². The van der Waals surface area contributed by atoms with Crippen molar-refractivity contribution in [3.63, 3.8) is 0 Å². The number of amides is 2. The summed E-state index contributed by atoms with van der Waals surface area (Å²) < 4.78 is 5.11. The second kappa shape index (κ2) is 10.2. The molecule has 0 bridgehead atoms. The number of hydrogen-bond donors (Lipinski definition) is 2. The van der Waals surface area contributed by atoms with Crippen molar-refractivity contribution in [1.29, 1.82) is 0 Å². The molecule has 7 heteroatoms. The lowest BCUT2D eigenvalue weighted by molar-refractivity contribution is 0.0267. The van der Waals surface area contributed by atoms with E-state index in [4.69, 9.17) is 15.6 Å². The highest BCUT2D eigenvalue weighted by Gasteiger charge is 2.26. The zero-order chi connectivity index (χ0) is 18.9. The van der Waals surface area contributed by atoms with Gasteiger partial charge in [0.05, 0.1) is 0 Å². The highest BCUT2D eigenvalue weighted by Crippen LogP contribution is 2.21. The molecule has 0 heterocycles. The molecule has 0 fully saturated rings. The third-order valence-corrected chi connectivity index (χ3v) is 4.37. The van der Waals surface area contributed by atoms with Crippen LogP contribution in [-0.4, -0.2) is 40.1 Å². The number of nitrogen functional groups attached to an aromatic ring is 1. The van der Waals surface area contributed by atoms with Crippen molar-refractivity contribution in [2.24, 2.45) is 0 Å². The summed E-state index contributed by atoms with van der Waals surface area (Å²) in [5, 5.41) is 9.14. The smallest absolute Gasteiger partial charge is 0.419 e. The molecule has 0 aliphatic carbocycles. The first-order chi connectivity index (χ1) is 11.7. The van der Waals surface area contributed by atoms with Crippen molar-refractivity contribution in [2.75, 3.05) is 18.0 Å². The minimum Gasteiger partial charge on any atom is -0.465 e. The van der Waals surface area contributed by atoms with Gasteiger partial charge >= 0.3 is 12.2 Å². The van der Waals surface area contributed by atoms with Crippen molar-refractivity contribution in [3.8, 4) is 0 Å². The normalized spacial score (nSPS) is 11.2. The van der Waals surface area contributed by atoms with Gasteiger partial charge in [0.25, 0.3) is 0 Å². The van der Waals surface area contributed by atoms with Gasteiger partial charge in [0.1, 0.15) is 5.60 Å². The SMILES string of the molecule is CC(C)(C)OC(=O)N(CCCCCCSc1ccc(N)cc1)C(=O)O. The van der Waals surface area contributed by atoms with Gasteiger partial charge in [-0.25, -0.2) is 14.5 Å². The van der Waals surface area contributed by atoms with Crippen molar-refractivity contribution < 1.29 is 19.4 Å². The first kappa shape index (κ1) is 21.2. The molecule has 6 nitrogen and oxygen atoms in total. The lowest BCUT2D eigenvalue weighted by atomic mass is 10.2. The minimum absolute atomic E-state index is 0.162. The van der Waals surface area contributed by atoms with Crippen molar-refractivity contribution in [2.45, 2.75) is 57.0 Å². The lowest BCUT2D eigenvalue weighted by Crippen LogP contribution is -2.40. The van der Waals surface area contributed by atoms with Crippen LogP contribution in [0.5, 0.6) is 0 Å². The number of unbranched alkanes of at least 4 members (excludes halogenated alkanes) is 3. The Kier molecular flexibility index (Phi) is 8.61. The summed E-state index contributed by atoms with van der Waals surface area (Å²) in [7, 11) is 0. The lowest BCUT2D eigenvalue weighted by Gasteiger charge is -2.24. The average molecular weight is 368 g/mol. The van der Waals surface area contributed by atoms with Crippen LogP contribution >= 0.6 is 11.8 Å². The van der Waals surface area contributed by atoms with Crippen LogP contribution in [0, 0.1) is 0 Å². The number of carbonyl (C=O) groups is 2. The van der Waals surface area contributed by atoms with E-state index < -0.39 is 17.8 Å². The summed E-state index contributed by atoms with van der Waals surface area (Å²) in [6.45, 7) is 5.30. The highest BCUT2D eigenvalue weighted by molar-refractivity contribution is 7.99. The molecule has 0 saturated heterocycles. The first-order valence-corrected chi connectivity index (χ1v) is 9.39. The van der Waals surface area contributed by atoms with Gasteiger partial charge < -0.3 is 15.6 Å². The highest BCUT2D eigenvalue weighted by atomic mass is 32.2. The number of thioether (sulfide) groups is 1. The molecule has 140 valence electrons. The number of hydrogen-bond acceptors (Lipinski definition) is 5. The number of anilines is 1. The van der Waals surface area contributed by atoms with Crippen LogP contribution in [0.1, 0.15) is 46.5 Å². The quantitative estimate of drug-likeness (QED) is 0.387. The van der Waals surface area contributed by atoms with Crippen LogP contribution in [0.25, 0.3) is 0 Å². The summed E-state index contributed by atoms with van der Waals surface area (Å²) >= 11 is 1.78. The third-order valence-electron chi connectivity index (χ3n) is 3.27. The first-order valence-electron chi connectivity index (χ1n) is 8.41. The summed E-state index contributed by atoms with van der Waals surface area (Å²) in [4.78, 5) is 25.0. The Hall–Kier alpha value is -1.89. The van der Waals surface area contributed by atoms with Gasteiger partial charge in [0.2, 0.25) is 0 Å². The van der Waals surface area contributed by atoms with E-state index in [1.165, 1.54) is 4.90 Å².